The molecule has 0 atom stereocenters. The molecule has 0 amide bonds. The number of aromatic nitrogens is 1. The first-order valence-corrected chi connectivity index (χ1v) is 10.4. The number of nitrogens with zero attached hydrogens (tertiary/aromatic N) is 2. The fourth-order valence-electron chi connectivity index (χ4n) is 3.03. The summed E-state index contributed by atoms with van der Waals surface area (Å²) in [6.07, 6.45) is 1.56. The van der Waals surface area contributed by atoms with Crippen molar-refractivity contribution < 1.29 is 14.6 Å². The van der Waals surface area contributed by atoms with E-state index in [0.29, 0.717) is 27.2 Å². The van der Waals surface area contributed by atoms with E-state index in [1.165, 1.54) is 0 Å². The van der Waals surface area contributed by atoms with Crippen molar-refractivity contribution in [3.8, 4) is 23.0 Å². The molecule has 2 N–H and O–H groups in total. The van der Waals surface area contributed by atoms with Crippen LogP contribution >= 0.6 is 31.9 Å². The molecule has 0 saturated heterocycles. The van der Waals surface area contributed by atoms with Crippen LogP contribution in [-0.4, -0.2) is 21.4 Å². The molecule has 0 radical (unpaired) electrons. The number of halogens is 2. The van der Waals surface area contributed by atoms with Crippen molar-refractivity contribution in [1.82, 2.24) is 4.98 Å². The summed E-state index contributed by atoms with van der Waals surface area (Å²) in [7, 11) is 0. The standard InChI is InChI=1S/C22H16Br2N2O3/c1-11-5-3-8-16-19(11)26-22(29-16)13-6-4-7-14(9-13)25-10-15-12(2)17(23)21(28)18(24)20(15)27/h3-10,27-28H,1-2H3. The topological polar surface area (TPSA) is 78.9 Å². The number of phenolic OH excluding ortho intramolecular Hbond substituents is 2. The molecule has 0 aliphatic rings. The highest BCUT2D eigenvalue weighted by atomic mass is 79.9. The van der Waals surface area contributed by atoms with Gasteiger partial charge in [-0.15, -0.1) is 0 Å². The molecule has 1 aromatic heterocycles. The van der Waals surface area contributed by atoms with Crippen molar-refractivity contribution in [2.75, 3.05) is 0 Å². The molecule has 0 spiro atoms. The second kappa shape index (κ2) is 7.65. The Bertz CT molecular complexity index is 1250. The predicted octanol–water partition coefficient (Wildman–Crippen LogP) is 6.80. The van der Waals surface area contributed by atoms with Gasteiger partial charge in [-0.25, -0.2) is 4.98 Å². The zero-order valence-corrected chi connectivity index (χ0v) is 18.7. The predicted molar refractivity (Wildman–Crippen MR) is 121 cm³/mol. The van der Waals surface area contributed by atoms with Crippen LogP contribution in [0.2, 0.25) is 0 Å². The first-order chi connectivity index (χ1) is 13.9. The summed E-state index contributed by atoms with van der Waals surface area (Å²) in [6.45, 7) is 3.78. The van der Waals surface area contributed by atoms with Gasteiger partial charge in [0.15, 0.2) is 5.58 Å². The number of oxazole rings is 1. The van der Waals surface area contributed by atoms with Crippen LogP contribution in [0.15, 0.2) is 60.8 Å². The number of rotatable bonds is 3. The Kier molecular flexibility index (Phi) is 5.19. The lowest BCUT2D eigenvalue weighted by atomic mass is 10.1. The maximum atomic E-state index is 10.4. The number of hydrogen-bond acceptors (Lipinski definition) is 5. The van der Waals surface area contributed by atoms with E-state index in [4.69, 9.17) is 4.42 Å². The number of aromatic hydroxyl groups is 2. The van der Waals surface area contributed by atoms with Gasteiger partial charge in [-0.3, -0.25) is 4.99 Å². The van der Waals surface area contributed by atoms with Crippen LogP contribution in [0.5, 0.6) is 11.5 Å². The minimum atomic E-state index is -0.0717. The average molecular weight is 516 g/mol. The minimum absolute atomic E-state index is 0.0506. The van der Waals surface area contributed by atoms with Crippen molar-refractivity contribution >= 4 is 54.9 Å². The van der Waals surface area contributed by atoms with Crippen LogP contribution in [0.4, 0.5) is 5.69 Å². The summed E-state index contributed by atoms with van der Waals surface area (Å²) < 4.78 is 6.61. The van der Waals surface area contributed by atoms with Crippen molar-refractivity contribution in [2.45, 2.75) is 13.8 Å². The number of hydrogen-bond donors (Lipinski definition) is 2. The minimum Gasteiger partial charge on any atom is -0.506 e. The van der Waals surface area contributed by atoms with E-state index in [0.717, 1.165) is 22.2 Å². The fourth-order valence-corrected chi connectivity index (χ4v) is 4.12. The van der Waals surface area contributed by atoms with Gasteiger partial charge in [-0.2, -0.15) is 0 Å². The molecule has 3 aromatic carbocycles. The van der Waals surface area contributed by atoms with Gasteiger partial charge in [0, 0.05) is 17.3 Å². The fraction of sp³-hybridized carbons (Fsp3) is 0.0909. The van der Waals surface area contributed by atoms with Crippen molar-refractivity contribution in [3.05, 3.63) is 68.1 Å². The number of benzene rings is 3. The van der Waals surface area contributed by atoms with E-state index in [-0.39, 0.29) is 16.0 Å². The van der Waals surface area contributed by atoms with Gasteiger partial charge >= 0.3 is 0 Å². The molecule has 0 unspecified atom stereocenters. The van der Waals surface area contributed by atoms with Gasteiger partial charge in [0.1, 0.15) is 21.5 Å². The number of fused-ring (bicyclic) bond motifs is 1. The SMILES string of the molecule is Cc1c(Br)c(O)c(Br)c(O)c1C=Nc1cccc(-c2nc3c(C)cccc3o2)c1. The average Bonchev–Trinajstić information content (AvgIpc) is 3.17. The van der Waals surface area contributed by atoms with Crippen molar-refractivity contribution in [3.63, 3.8) is 0 Å². The lowest BCUT2D eigenvalue weighted by molar-refractivity contribution is 0.441. The lowest BCUT2D eigenvalue weighted by Gasteiger charge is -2.11. The van der Waals surface area contributed by atoms with Crippen LogP contribution in [0.3, 0.4) is 0 Å². The molecule has 29 heavy (non-hydrogen) atoms. The summed E-state index contributed by atoms with van der Waals surface area (Å²) in [5.74, 6) is 0.406. The number of aliphatic imine (C=N–C) groups is 1. The Balaban J connectivity index is 1.72. The Labute approximate surface area is 184 Å². The summed E-state index contributed by atoms with van der Waals surface area (Å²) in [6, 6.07) is 13.3. The zero-order chi connectivity index (χ0) is 20.7. The van der Waals surface area contributed by atoms with Gasteiger partial charge in [0.05, 0.1) is 10.2 Å². The van der Waals surface area contributed by atoms with E-state index in [9.17, 15) is 10.2 Å². The van der Waals surface area contributed by atoms with Crippen LogP contribution in [0, 0.1) is 13.8 Å². The second-order valence-electron chi connectivity index (χ2n) is 6.61. The molecule has 0 fully saturated rings. The maximum absolute atomic E-state index is 10.4. The quantitative estimate of drug-likeness (QED) is 0.294. The van der Waals surface area contributed by atoms with Gasteiger partial charge < -0.3 is 14.6 Å². The molecule has 4 rings (SSSR count). The van der Waals surface area contributed by atoms with Crippen LogP contribution < -0.4 is 0 Å². The molecule has 0 bridgehead atoms. The number of para-hydroxylation sites is 1. The highest BCUT2D eigenvalue weighted by molar-refractivity contribution is 9.11. The van der Waals surface area contributed by atoms with Crippen molar-refractivity contribution in [2.24, 2.45) is 4.99 Å². The molecule has 5 nitrogen and oxygen atoms in total. The smallest absolute Gasteiger partial charge is 0.227 e. The molecule has 0 aliphatic heterocycles. The largest absolute Gasteiger partial charge is 0.506 e. The third-order valence-electron chi connectivity index (χ3n) is 4.67. The molecule has 4 aromatic rings. The molecule has 1 heterocycles. The van der Waals surface area contributed by atoms with Crippen LogP contribution in [0.1, 0.15) is 16.7 Å². The molecule has 146 valence electrons. The van der Waals surface area contributed by atoms with Gasteiger partial charge in [-0.05, 0) is 81.1 Å². The van der Waals surface area contributed by atoms with E-state index in [2.05, 4.69) is 41.8 Å². The monoisotopic (exact) mass is 514 g/mol. The third-order valence-corrected chi connectivity index (χ3v) is 6.39. The summed E-state index contributed by atoms with van der Waals surface area (Å²) in [4.78, 5) is 9.09. The van der Waals surface area contributed by atoms with Gasteiger partial charge in [0.2, 0.25) is 5.89 Å². The Morgan fingerprint density at radius 1 is 1.00 bits per heavy atom. The summed E-state index contributed by atoms with van der Waals surface area (Å²) >= 11 is 6.53. The molecule has 7 heteroatoms. The highest BCUT2D eigenvalue weighted by Gasteiger charge is 2.17. The van der Waals surface area contributed by atoms with Crippen LogP contribution in [-0.2, 0) is 0 Å². The number of phenols is 2. The number of aryl methyl sites for hydroxylation is 1. The molecular formula is C22H16Br2N2O3. The Morgan fingerprint density at radius 2 is 1.76 bits per heavy atom. The van der Waals surface area contributed by atoms with Crippen molar-refractivity contribution in [1.29, 1.82) is 0 Å². The van der Waals surface area contributed by atoms with E-state index < -0.39 is 0 Å². The first kappa shape index (κ1) is 19.7. The Hall–Kier alpha value is -2.64. The van der Waals surface area contributed by atoms with E-state index in [1.54, 1.807) is 13.1 Å². The second-order valence-corrected chi connectivity index (χ2v) is 8.20. The van der Waals surface area contributed by atoms with Crippen LogP contribution in [0.25, 0.3) is 22.6 Å². The maximum Gasteiger partial charge on any atom is 0.227 e. The lowest BCUT2D eigenvalue weighted by Crippen LogP contribution is -1.92. The van der Waals surface area contributed by atoms with E-state index >= 15 is 0 Å². The summed E-state index contributed by atoms with van der Waals surface area (Å²) in [5, 5.41) is 20.4. The molecular weight excluding hydrogens is 500 g/mol. The van der Waals surface area contributed by atoms with E-state index in [1.807, 2.05) is 49.4 Å². The molecule has 0 aliphatic carbocycles. The highest BCUT2D eigenvalue weighted by Crippen LogP contribution is 2.43. The first-order valence-electron chi connectivity index (χ1n) is 8.77. The third kappa shape index (κ3) is 3.56. The normalized spacial score (nSPS) is 11.6. The Morgan fingerprint density at radius 3 is 2.52 bits per heavy atom. The molecule has 0 saturated carbocycles. The zero-order valence-electron chi connectivity index (χ0n) is 15.6. The van der Waals surface area contributed by atoms with Gasteiger partial charge in [0.25, 0.3) is 0 Å². The van der Waals surface area contributed by atoms with Gasteiger partial charge in [-0.1, -0.05) is 18.2 Å². The summed E-state index contributed by atoms with van der Waals surface area (Å²) in [5.41, 5.74) is 5.32.